The number of methoxy groups -OCH3 is 1. The lowest BCUT2D eigenvalue weighted by Gasteiger charge is -2.40. The Morgan fingerprint density at radius 3 is 2.79 bits per heavy atom. The molecule has 1 aliphatic heterocycles. The van der Waals surface area contributed by atoms with E-state index in [2.05, 4.69) is 5.32 Å². The van der Waals surface area contributed by atoms with Gasteiger partial charge in [0.2, 0.25) is 5.91 Å². The number of rotatable bonds is 6. The van der Waals surface area contributed by atoms with Gasteiger partial charge in [0.1, 0.15) is 0 Å². The maximum absolute atomic E-state index is 11.8. The largest absolute Gasteiger partial charge is 0.481 e. The van der Waals surface area contributed by atoms with Gasteiger partial charge in [-0.05, 0) is 27.2 Å². The number of aliphatic carboxylic acids is 1. The zero-order valence-electron chi connectivity index (χ0n) is 12.1. The fourth-order valence-electron chi connectivity index (χ4n) is 2.55. The van der Waals surface area contributed by atoms with Gasteiger partial charge < -0.3 is 15.2 Å². The average molecular weight is 272 g/mol. The summed E-state index contributed by atoms with van der Waals surface area (Å²) in [5.41, 5.74) is -0.291. The Balaban J connectivity index is 2.76. The zero-order valence-corrected chi connectivity index (χ0v) is 12.1. The molecule has 0 saturated carbocycles. The number of carboxylic acid groups (broad SMARTS) is 1. The smallest absolute Gasteiger partial charge is 0.305 e. The molecular weight excluding hydrogens is 248 g/mol. The maximum atomic E-state index is 11.8. The number of amides is 1. The molecule has 110 valence electrons. The average Bonchev–Trinajstić information content (AvgIpc) is 2.30. The lowest BCUT2D eigenvalue weighted by molar-refractivity contribution is -0.144. The van der Waals surface area contributed by atoms with Crippen LogP contribution in [0.25, 0.3) is 0 Å². The SMILES string of the molecule is COC(C)(C)CC(C)N1CCNC(=O)C1CC(=O)O. The molecule has 0 aromatic rings. The monoisotopic (exact) mass is 272 g/mol. The molecule has 1 rings (SSSR count). The summed E-state index contributed by atoms with van der Waals surface area (Å²) in [5, 5.41) is 11.7. The van der Waals surface area contributed by atoms with Crippen molar-refractivity contribution in [3.63, 3.8) is 0 Å². The van der Waals surface area contributed by atoms with Crippen molar-refractivity contribution in [3.8, 4) is 0 Å². The van der Waals surface area contributed by atoms with Gasteiger partial charge in [0.15, 0.2) is 0 Å². The Bertz CT molecular complexity index is 344. The minimum Gasteiger partial charge on any atom is -0.481 e. The third-order valence-corrected chi connectivity index (χ3v) is 3.65. The van der Waals surface area contributed by atoms with Gasteiger partial charge in [-0.2, -0.15) is 0 Å². The van der Waals surface area contributed by atoms with Crippen LogP contribution in [0.1, 0.15) is 33.6 Å². The summed E-state index contributed by atoms with van der Waals surface area (Å²) in [6.07, 6.45) is 0.580. The number of carboxylic acids is 1. The van der Waals surface area contributed by atoms with Crippen molar-refractivity contribution < 1.29 is 19.4 Å². The van der Waals surface area contributed by atoms with Crippen molar-refractivity contribution in [1.82, 2.24) is 10.2 Å². The predicted molar refractivity (Wildman–Crippen MR) is 70.9 cm³/mol. The molecule has 2 atom stereocenters. The van der Waals surface area contributed by atoms with Crippen LogP contribution >= 0.6 is 0 Å². The van der Waals surface area contributed by atoms with Crippen LogP contribution < -0.4 is 5.32 Å². The Hall–Kier alpha value is -1.14. The van der Waals surface area contributed by atoms with E-state index in [1.54, 1.807) is 7.11 Å². The van der Waals surface area contributed by atoms with Crippen LogP contribution in [0.4, 0.5) is 0 Å². The second-order valence-corrected chi connectivity index (χ2v) is 5.66. The first-order valence-electron chi connectivity index (χ1n) is 6.57. The number of hydrogen-bond donors (Lipinski definition) is 2. The fraction of sp³-hybridized carbons (Fsp3) is 0.846. The van der Waals surface area contributed by atoms with Crippen LogP contribution in [-0.2, 0) is 14.3 Å². The minimum atomic E-state index is -0.953. The first-order valence-corrected chi connectivity index (χ1v) is 6.57. The lowest BCUT2D eigenvalue weighted by Crippen LogP contribution is -2.59. The second-order valence-electron chi connectivity index (χ2n) is 5.66. The van der Waals surface area contributed by atoms with E-state index in [1.807, 2.05) is 25.7 Å². The summed E-state index contributed by atoms with van der Waals surface area (Å²) in [4.78, 5) is 24.7. The van der Waals surface area contributed by atoms with Gasteiger partial charge in [-0.15, -0.1) is 0 Å². The number of carbonyl (C=O) groups excluding carboxylic acids is 1. The third-order valence-electron chi connectivity index (χ3n) is 3.65. The van der Waals surface area contributed by atoms with E-state index in [-0.39, 0.29) is 24.0 Å². The number of ether oxygens (including phenoxy) is 1. The summed E-state index contributed by atoms with van der Waals surface area (Å²) >= 11 is 0. The molecular formula is C13H24N2O4. The van der Waals surface area contributed by atoms with Gasteiger partial charge in [0.05, 0.1) is 18.1 Å². The Morgan fingerprint density at radius 1 is 1.63 bits per heavy atom. The van der Waals surface area contributed by atoms with Crippen molar-refractivity contribution in [2.24, 2.45) is 0 Å². The first kappa shape index (κ1) is 15.9. The highest BCUT2D eigenvalue weighted by Crippen LogP contribution is 2.22. The molecule has 1 fully saturated rings. The Kier molecular flexibility index (Phi) is 5.31. The molecule has 1 aliphatic rings. The van der Waals surface area contributed by atoms with Gasteiger partial charge in [0, 0.05) is 26.2 Å². The second kappa shape index (κ2) is 6.34. The summed E-state index contributed by atoms with van der Waals surface area (Å²) in [5.74, 6) is -1.15. The lowest BCUT2D eigenvalue weighted by atomic mass is 9.96. The van der Waals surface area contributed by atoms with Gasteiger partial charge in [-0.25, -0.2) is 0 Å². The molecule has 0 aromatic carbocycles. The van der Waals surface area contributed by atoms with Gasteiger partial charge in [-0.1, -0.05) is 0 Å². The van der Waals surface area contributed by atoms with Gasteiger partial charge in [-0.3, -0.25) is 14.5 Å². The van der Waals surface area contributed by atoms with E-state index in [1.165, 1.54) is 0 Å². The zero-order chi connectivity index (χ0) is 14.6. The molecule has 0 aliphatic carbocycles. The third kappa shape index (κ3) is 4.47. The maximum Gasteiger partial charge on any atom is 0.305 e. The standard InChI is InChI=1S/C13H24N2O4/c1-9(8-13(2,3)19-4)15-6-5-14-12(18)10(15)7-11(16)17/h9-10H,5-8H2,1-4H3,(H,14,18)(H,16,17). The quantitative estimate of drug-likeness (QED) is 0.734. The van der Waals surface area contributed by atoms with Crippen molar-refractivity contribution in [3.05, 3.63) is 0 Å². The highest BCUT2D eigenvalue weighted by atomic mass is 16.5. The molecule has 2 unspecified atom stereocenters. The van der Waals surface area contributed by atoms with Crippen LogP contribution in [-0.4, -0.2) is 59.8 Å². The summed E-state index contributed by atoms with van der Waals surface area (Å²) < 4.78 is 5.40. The molecule has 6 nitrogen and oxygen atoms in total. The van der Waals surface area contributed by atoms with E-state index in [0.29, 0.717) is 13.1 Å². The summed E-state index contributed by atoms with van der Waals surface area (Å²) in [7, 11) is 1.66. The van der Waals surface area contributed by atoms with Crippen LogP contribution in [0, 0.1) is 0 Å². The molecule has 1 amide bonds. The number of hydrogen-bond acceptors (Lipinski definition) is 4. The normalized spacial score (nSPS) is 22.9. The van der Waals surface area contributed by atoms with Crippen molar-refractivity contribution in [2.45, 2.75) is 51.3 Å². The molecule has 1 saturated heterocycles. The molecule has 2 N–H and O–H groups in total. The van der Waals surface area contributed by atoms with Crippen molar-refractivity contribution in [1.29, 1.82) is 0 Å². The summed E-state index contributed by atoms with van der Waals surface area (Å²) in [6, 6.07) is -0.501. The topological polar surface area (TPSA) is 78.9 Å². The van der Waals surface area contributed by atoms with E-state index >= 15 is 0 Å². The molecule has 1 heterocycles. The Morgan fingerprint density at radius 2 is 2.26 bits per heavy atom. The fourth-order valence-corrected chi connectivity index (χ4v) is 2.55. The highest BCUT2D eigenvalue weighted by molar-refractivity contribution is 5.86. The van der Waals surface area contributed by atoms with Crippen LogP contribution in [0.2, 0.25) is 0 Å². The molecule has 6 heteroatoms. The molecule has 0 aromatic heterocycles. The van der Waals surface area contributed by atoms with E-state index < -0.39 is 12.0 Å². The summed E-state index contributed by atoms with van der Waals surface area (Å²) in [6.45, 7) is 7.21. The molecule has 0 radical (unpaired) electrons. The van der Waals surface area contributed by atoms with Gasteiger partial charge in [0.25, 0.3) is 0 Å². The number of nitrogens with one attached hydrogen (secondary N) is 1. The van der Waals surface area contributed by atoms with Crippen LogP contribution in [0.3, 0.4) is 0 Å². The van der Waals surface area contributed by atoms with E-state index in [9.17, 15) is 9.59 Å². The van der Waals surface area contributed by atoms with Crippen molar-refractivity contribution in [2.75, 3.05) is 20.2 Å². The minimum absolute atomic E-state index is 0.0883. The molecule has 19 heavy (non-hydrogen) atoms. The van der Waals surface area contributed by atoms with Gasteiger partial charge >= 0.3 is 5.97 Å². The van der Waals surface area contributed by atoms with E-state index in [0.717, 1.165) is 6.42 Å². The highest BCUT2D eigenvalue weighted by Gasteiger charge is 2.36. The van der Waals surface area contributed by atoms with Crippen LogP contribution in [0.5, 0.6) is 0 Å². The van der Waals surface area contributed by atoms with Crippen molar-refractivity contribution >= 4 is 11.9 Å². The molecule has 0 spiro atoms. The first-order chi connectivity index (χ1) is 8.76. The number of carbonyl (C=O) groups is 2. The number of piperazine rings is 1. The predicted octanol–water partition coefficient (Wildman–Crippen LogP) is 0.465. The number of nitrogens with zero attached hydrogens (tertiary/aromatic N) is 1. The molecule has 0 bridgehead atoms. The van der Waals surface area contributed by atoms with E-state index in [4.69, 9.17) is 9.84 Å². The van der Waals surface area contributed by atoms with Crippen LogP contribution in [0.15, 0.2) is 0 Å². The Labute approximate surface area is 114 Å².